The van der Waals surface area contributed by atoms with Crippen molar-refractivity contribution in [2.24, 2.45) is 0 Å². The van der Waals surface area contributed by atoms with Gasteiger partial charge in [-0.15, -0.1) is 0 Å². The summed E-state index contributed by atoms with van der Waals surface area (Å²) in [6, 6.07) is 11.9. The number of H-pyrrole nitrogens is 1. The fraction of sp³-hybridized carbons (Fsp3) is 0.167. The lowest BCUT2D eigenvalue weighted by molar-refractivity contribution is -0.149. The van der Waals surface area contributed by atoms with Gasteiger partial charge in [-0.25, -0.2) is 9.07 Å². The Morgan fingerprint density at radius 3 is 2.44 bits per heavy atom. The molecule has 25 heavy (non-hydrogen) atoms. The third kappa shape index (κ3) is 3.50. The number of nitrogens with zero attached hydrogens (tertiary/aromatic N) is 1. The van der Waals surface area contributed by atoms with Gasteiger partial charge in [-0.05, 0) is 36.8 Å². The first-order valence-corrected chi connectivity index (χ1v) is 7.62. The van der Waals surface area contributed by atoms with E-state index in [0.717, 1.165) is 4.68 Å². The van der Waals surface area contributed by atoms with Crippen LogP contribution in [0.25, 0.3) is 10.8 Å². The second-order valence-electron chi connectivity index (χ2n) is 5.56. The highest BCUT2D eigenvalue weighted by atomic mass is 19.1. The number of hydrogen-bond donors (Lipinski definition) is 1. The normalized spacial score (nSPS) is 12.1. The van der Waals surface area contributed by atoms with E-state index < -0.39 is 29.7 Å². The molecule has 0 aliphatic heterocycles. The Balaban J connectivity index is 1.80. The quantitative estimate of drug-likeness (QED) is 0.737. The Bertz CT molecular complexity index is 1040. The van der Waals surface area contributed by atoms with Crippen LogP contribution < -0.4 is 11.1 Å². The number of carbonyl (C=O) groups excluding carboxylic acids is 1. The predicted molar refractivity (Wildman–Crippen MR) is 89.7 cm³/mol. The van der Waals surface area contributed by atoms with Gasteiger partial charge in [-0.2, -0.15) is 0 Å². The average molecular weight is 342 g/mol. The Morgan fingerprint density at radius 1 is 1.12 bits per heavy atom. The molecule has 0 amide bonds. The molecule has 6 nitrogen and oxygen atoms in total. The smallest absolute Gasteiger partial charge is 0.328 e. The minimum Gasteiger partial charge on any atom is -0.456 e. The van der Waals surface area contributed by atoms with Crippen LogP contribution >= 0.6 is 0 Å². The van der Waals surface area contributed by atoms with Gasteiger partial charge in [0, 0.05) is 0 Å². The van der Waals surface area contributed by atoms with Crippen LogP contribution in [-0.2, 0) is 16.1 Å². The minimum atomic E-state index is -0.690. The highest BCUT2D eigenvalue weighted by Gasteiger charge is 2.15. The van der Waals surface area contributed by atoms with E-state index >= 15 is 0 Å². The zero-order valence-electron chi connectivity index (χ0n) is 13.4. The highest BCUT2D eigenvalue weighted by molar-refractivity contribution is 5.80. The zero-order valence-corrected chi connectivity index (χ0v) is 13.4. The maximum Gasteiger partial charge on any atom is 0.328 e. The molecule has 0 fully saturated rings. The summed E-state index contributed by atoms with van der Waals surface area (Å²) < 4.78 is 19.1. The predicted octanol–water partition coefficient (Wildman–Crippen LogP) is 2.13. The molecule has 0 aliphatic rings. The van der Waals surface area contributed by atoms with Gasteiger partial charge in [0.15, 0.2) is 0 Å². The van der Waals surface area contributed by atoms with E-state index in [1.807, 2.05) is 0 Å². The molecule has 1 N–H and O–H groups in total. The van der Waals surface area contributed by atoms with Crippen molar-refractivity contribution < 1.29 is 13.9 Å². The van der Waals surface area contributed by atoms with Crippen molar-refractivity contribution in [3.05, 3.63) is 80.6 Å². The number of esters is 1. The first-order chi connectivity index (χ1) is 12.0. The lowest BCUT2D eigenvalue weighted by Gasteiger charge is -2.14. The minimum absolute atomic E-state index is 0.227. The number of nitrogens with one attached hydrogen (secondary N) is 1. The number of aromatic amines is 1. The van der Waals surface area contributed by atoms with Gasteiger partial charge in [0.1, 0.15) is 18.5 Å². The van der Waals surface area contributed by atoms with Crippen LogP contribution in [0.1, 0.15) is 18.6 Å². The summed E-state index contributed by atoms with van der Waals surface area (Å²) in [6.45, 7) is 1.21. The number of carbonyl (C=O) groups is 1. The van der Waals surface area contributed by atoms with Gasteiger partial charge in [-0.1, -0.05) is 24.3 Å². The standard InChI is InChI=1S/C18H15FN2O4/c1-11(12-6-8-13(19)9-7-12)25-16(22)10-21-18(24)15-5-3-2-4-14(15)17(23)20-21/h2-9,11H,10H2,1H3,(H,20,23)/t11-/m0/s1. The molecule has 0 radical (unpaired) electrons. The van der Waals surface area contributed by atoms with Crippen molar-refractivity contribution in [1.82, 2.24) is 9.78 Å². The summed E-state index contributed by atoms with van der Waals surface area (Å²) in [7, 11) is 0. The SMILES string of the molecule is C[C@H](OC(=O)Cn1[nH]c(=O)c2ccccc2c1=O)c1ccc(F)cc1. The van der Waals surface area contributed by atoms with E-state index in [1.165, 1.54) is 36.4 Å². The van der Waals surface area contributed by atoms with Gasteiger partial charge in [-0.3, -0.25) is 19.5 Å². The van der Waals surface area contributed by atoms with E-state index in [2.05, 4.69) is 5.10 Å². The molecular formula is C18H15FN2O4. The molecule has 1 aromatic heterocycles. The van der Waals surface area contributed by atoms with Gasteiger partial charge in [0.05, 0.1) is 10.8 Å². The summed E-state index contributed by atoms with van der Waals surface area (Å²) in [5.74, 6) is -1.08. The monoisotopic (exact) mass is 342 g/mol. The molecule has 3 aromatic rings. The molecule has 0 unspecified atom stereocenters. The van der Waals surface area contributed by atoms with Crippen molar-refractivity contribution in [3.63, 3.8) is 0 Å². The molecule has 0 saturated heterocycles. The summed E-state index contributed by atoms with van der Waals surface area (Å²) >= 11 is 0. The number of aromatic nitrogens is 2. The van der Waals surface area contributed by atoms with Gasteiger partial charge >= 0.3 is 5.97 Å². The Morgan fingerprint density at radius 2 is 1.76 bits per heavy atom. The number of hydrogen-bond acceptors (Lipinski definition) is 4. The molecule has 3 rings (SSSR count). The van der Waals surface area contributed by atoms with E-state index in [-0.39, 0.29) is 16.6 Å². The molecular weight excluding hydrogens is 327 g/mol. The van der Waals surface area contributed by atoms with Crippen molar-refractivity contribution >= 4 is 16.7 Å². The fourth-order valence-electron chi connectivity index (χ4n) is 2.52. The lowest BCUT2D eigenvalue weighted by Crippen LogP contribution is -2.33. The van der Waals surface area contributed by atoms with Crippen molar-refractivity contribution in [1.29, 1.82) is 0 Å². The number of rotatable bonds is 4. The second-order valence-corrected chi connectivity index (χ2v) is 5.56. The fourth-order valence-corrected chi connectivity index (χ4v) is 2.52. The Kier molecular flexibility index (Phi) is 4.47. The third-order valence-electron chi connectivity index (χ3n) is 3.82. The summed E-state index contributed by atoms with van der Waals surface area (Å²) in [4.78, 5) is 36.4. The van der Waals surface area contributed by atoms with Gasteiger partial charge in [0.25, 0.3) is 11.1 Å². The molecule has 0 saturated carbocycles. The first-order valence-electron chi connectivity index (χ1n) is 7.62. The molecule has 1 heterocycles. The third-order valence-corrected chi connectivity index (χ3v) is 3.82. The zero-order chi connectivity index (χ0) is 18.0. The molecule has 1 atom stereocenters. The lowest BCUT2D eigenvalue weighted by atomic mass is 10.1. The summed E-state index contributed by atoms with van der Waals surface area (Å²) in [5, 5.41) is 2.86. The maximum absolute atomic E-state index is 12.9. The topological polar surface area (TPSA) is 81.2 Å². The maximum atomic E-state index is 12.9. The van der Waals surface area contributed by atoms with Crippen LogP contribution in [0.4, 0.5) is 4.39 Å². The van der Waals surface area contributed by atoms with E-state index in [0.29, 0.717) is 5.56 Å². The number of ether oxygens (including phenoxy) is 1. The second kappa shape index (κ2) is 6.72. The van der Waals surface area contributed by atoms with E-state index in [4.69, 9.17) is 4.74 Å². The van der Waals surface area contributed by atoms with Crippen LogP contribution in [0, 0.1) is 5.82 Å². The molecule has 128 valence electrons. The summed E-state index contributed by atoms with van der Waals surface area (Å²) in [5.41, 5.74) is -0.328. The first kappa shape index (κ1) is 16.6. The van der Waals surface area contributed by atoms with Gasteiger partial charge < -0.3 is 4.74 Å². The number of fused-ring (bicyclic) bond motifs is 1. The molecule has 0 aliphatic carbocycles. The summed E-state index contributed by atoms with van der Waals surface area (Å²) in [6.07, 6.45) is -0.615. The van der Waals surface area contributed by atoms with Crippen LogP contribution in [0.2, 0.25) is 0 Å². The molecule has 0 bridgehead atoms. The van der Waals surface area contributed by atoms with Crippen LogP contribution in [0.15, 0.2) is 58.1 Å². The van der Waals surface area contributed by atoms with Crippen molar-refractivity contribution in [2.75, 3.05) is 0 Å². The molecule has 0 spiro atoms. The molecule has 2 aromatic carbocycles. The Labute approximate surface area is 141 Å². The molecule has 7 heteroatoms. The number of halogens is 1. The van der Waals surface area contributed by atoms with Crippen molar-refractivity contribution in [3.8, 4) is 0 Å². The largest absolute Gasteiger partial charge is 0.456 e. The van der Waals surface area contributed by atoms with Crippen LogP contribution in [0.5, 0.6) is 0 Å². The van der Waals surface area contributed by atoms with E-state index in [1.54, 1.807) is 19.1 Å². The highest BCUT2D eigenvalue weighted by Crippen LogP contribution is 2.17. The average Bonchev–Trinajstić information content (AvgIpc) is 2.60. The Hall–Kier alpha value is -3.22. The van der Waals surface area contributed by atoms with Crippen LogP contribution in [-0.4, -0.2) is 15.7 Å². The van der Waals surface area contributed by atoms with Crippen molar-refractivity contribution in [2.45, 2.75) is 19.6 Å². The van der Waals surface area contributed by atoms with E-state index in [9.17, 15) is 18.8 Å². The van der Waals surface area contributed by atoms with Gasteiger partial charge in [0.2, 0.25) is 0 Å². The number of benzene rings is 2. The van der Waals surface area contributed by atoms with Crippen LogP contribution in [0.3, 0.4) is 0 Å².